The molecule has 1 amide bonds. The summed E-state index contributed by atoms with van der Waals surface area (Å²) >= 11 is 0. The molecule has 2 fully saturated rings. The van der Waals surface area contributed by atoms with Crippen molar-refractivity contribution in [2.45, 2.75) is 50.1 Å². The third-order valence-corrected chi connectivity index (χ3v) is 6.29. The lowest BCUT2D eigenvalue weighted by Crippen LogP contribution is -2.33. The van der Waals surface area contributed by atoms with E-state index in [9.17, 15) is 23.1 Å². The number of pyridine rings is 1. The van der Waals surface area contributed by atoms with Crippen molar-refractivity contribution in [2.75, 3.05) is 7.11 Å². The predicted molar refractivity (Wildman–Crippen MR) is 112 cm³/mol. The number of alkyl halides is 3. The Morgan fingerprint density at radius 2 is 2.03 bits per heavy atom. The van der Waals surface area contributed by atoms with Gasteiger partial charge in [-0.2, -0.15) is 8.78 Å². The summed E-state index contributed by atoms with van der Waals surface area (Å²) in [6.07, 6.45) is 4.67. The number of amides is 1. The number of hydrogen-bond donors (Lipinski definition) is 2. The van der Waals surface area contributed by atoms with E-state index in [1.807, 2.05) is 0 Å². The zero-order valence-corrected chi connectivity index (χ0v) is 17.7. The highest BCUT2D eigenvalue weighted by atomic mass is 19.3. The number of methoxy groups -OCH3 is 1. The van der Waals surface area contributed by atoms with Crippen LogP contribution in [-0.2, 0) is 5.60 Å². The Hall–Kier alpha value is -3.27. The molecule has 2 aliphatic carbocycles. The van der Waals surface area contributed by atoms with Gasteiger partial charge in [-0.3, -0.25) is 9.20 Å². The van der Waals surface area contributed by atoms with E-state index in [2.05, 4.69) is 15.0 Å². The summed E-state index contributed by atoms with van der Waals surface area (Å²) in [4.78, 5) is 17.1. The first-order valence-corrected chi connectivity index (χ1v) is 10.6. The van der Waals surface area contributed by atoms with E-state index in [4.69, 9.17) is 4.74 Å². The summed E-state index contributed by atoms with van der Waals surface area (Å²) in [6.45, 7) is -3.18. The van der Waals surface area contributed by atoms with E-state index >= 15 is 0 Å². The average molecular weight is 461 g/mol. The highest BCUT2D eigenvalue weighted by Gasteiger charge is 2.40. The summed E-state index contributed by atoms with van der Waals surface area (Å²) in [7, 11) is 1.30. The molecule has 0 aliphatic heterocycles. The van der Waals surface area contributed by atoms with Crippen LogP contribution in [0, 0.1) is 0 Å². The molecule has 2 saturated carbocycles. The Kier molecular flexibility index (Phi) is 5.19. The molecule has 7 nitrogen and oxygen atoms in total. The number of rotatable bonds is 7. The topological polar surface area (TPSA) is 85.1 Å². The van der Waals surface area contributed by atoms with Gasteiger partial charge in [0.1, 0.15) is 28.9 Å². The number of aliphatic hydroxyl groups is 1. The van der Waals surface area contributed by atoms with Gasteiger partial charge in [-0.15, -0.1) is 0 Å². The molecule has 0 saturated heterocycles. The van der Waals surface area contributed by atoms with Crippen LogP contribution < -0.4 is 14.8 Å². The number of ether oxygens (including phenoxy) is 2. The number of nitrogens with zero attached hydrogens (tertiary/aromatic N) is 2. The number of fused-ring (bicyclic) bond motifs is 1. The van der Waals surface area contributed by atoms with Crippen LogP contribution >= 0.6 is 0 Å². The first-order valence-electron chi connectivity index (χ1n) is 10.6. The van der Waals surface area contributed by atoms with Gasteiger partial charge in [-0.25, -0.2) is 9.37 Å². The molecule has 0 unspecified atom stereocenters. The summed E-state index contributed by atoms with van der Waals surface area (Å²) < 4.78 is 51.3. The molecule has 0 spiro atoms. The van der Waals surface area contributed by atoms with Crippen LogP contribution in [0.4, 0.5) is 13.2 Å². The van der Waals surface area contributed by atoms with Gasteiger partial charge in [-0.1, -0.05) is 0 Å². The molecule has 3 aromatic rings. The van der Waals surface area contributed by atoms with Crippen LogP contribution in [0.2, 0.25) is 0 Å². The van der Waals surface area contributed by atoms with E-state index in [0.717, 1.165) is 12.0 Å². The summed E-state index contributed by atoms with van der Waals surface area (Å²) in [6, 6.07) is 5.77. The van der Waals surface area contributed by atoms with Crippen molar-refractivity contribution in [3.05, 3.63) is 47.8 Å². The van der Waals surface area contributed by atoms with Gasteiger partial charge in [0.15, 0.2) is 0 Å². The third kappa shape index (κ3) is 3.88. The SMILES string of the molecule is COc1cc(-c2cnc3cc(C4(O)CCC4)ccn23)cc(OC(F)F)c1C(=O)N[C@@H]1C[C@@H]1F. The van der Waals surface area contributed by atoms with E-state index in [1.54, 1.807) is 28.9 Å². The van der Waals surface area contributed by atoms with Gasteiger partial charge >= 0.3 is 6.61 Å². The normalized spacial score (nSPS) is 21.0. The first-order chi connectivity index (χ1) is 15.8. The third-order valence-electron chi connectivity index (χ3n) is 6.29. The monoisotopic (exact) mass is 461 g/mol. The molecule has 10 heteroatoms. The highest BCUT2D eigenvalue weighted by Crippen LogP contribution is 2.42. The molecule has 0 radical (unpaired) electrons. The quantitative estimate of drug-likeness (QED) is 0.559. The van der Waals surface area contributed by atoms with Crippen molar-refractivity contribution in [2.24, 2.45) is 0 Å². The minimum atomic E-state index is -3.18. The molecule has 174 valence electrons. The van der Waals surface area contributed by atoms with Crippen LogP contribution in [0.5, 0.6) is 11.5 Å². The van der Waals surface area contributed by atoms with Crippen LogP contribution in [0.15, 0.2) is 36.7 Å². The lowest BCUT2D eigenvalue weighted by Gasteiger charge is -2.37. The number of carbonyl (C=O) groups excluding carboxylic acids is 1. The maximum absolute atomic E-state index is 13.2. The maximum Gasteiger partial charge on any atom is 0.387 e. The number of aromatic nitrogens is 2. The number of carbonyl (C=O) groups is 1. The van der Waals surface area contributed by atoms with Gasteiger partial charge in [0.05, 0.1) is 30.6 Å². The summed E-state index contributed by atoms with van der Waals surface area (Å²) in [5.41, 5.74) is 1.25. The van der Waals surface area contributed by atoms with Gasteiger partial charge in [0, 0.05) is 18.2 Å². The van der Waals surface area contributed by atoms with E-state index < -0.39 is 30.3 Å². The molecular weight excluding hydrogens is 439 g/mol. The van der Waals surface area contributed by atoms with Crippen molar-refractivity contribution in [3.63, 3.8) is 0 Å². The zero-order valence-electron chi connectivity index (χ0n) is 17.7. The Morgan fingerprint density at radius 3 is 2.64 bits per heavy atom. The molecule has 2 atom stereocenters. The summed E-state index contributed by atoms with van der Waals surface area (Å²) in [5.74, 6) is -1.13. The first kappa shape index (κ1) is 21.6. The Bertz CT molecular complexity index is 1230. The highest BCUT2D eigenvalue weighted by molar-refractivity contribution is 6.01. The average Bonchev–Trinajstić information content (AvgIpc) is 3.28. The minimum absolute atomic E-state index is 0.00653. The van der Waals surface area contributed by atoms with E-state index in [-0.39, 0.29) is 23.5 Å². The molecule has 2 N–H and O–H groups in total. The van der Waals surface area contributed by atoms with Gasteiger partial charge in [0.25, 0.3) is 5.91 Å². The van der Waals surface area contributed by atoms with E-state index in [0.29, 0.717) is 29.7 Å². The lowest BCUT2D eigenvalue weighted by atomic mass is 9.75. The zero-order chi connectivity index (χ0) is 23.3. The van der Waals surface area contributed by atoms with Gasteiger partial charge < -0.3 is 19.9 Å². The Morgan fingerprint density at radius 1 is 1.30 bits per heavy atom. The van der Waals surface area contributed by atoms with Crippen LogP contribution in [0.3, 0.4) is 0 Å². The molecule has 2 heterocycles. The Balaban J connectivity index is 1.56. The van der Waals surface area contributed by atoms with Crippen LogP contribution in [0.25, 0.3) is 16.9 Å². The maximum atomic E-state index is 13.2. The minimum Gasteiger partial charge on any atom is -0.496 e. The standard InChI is InChI=1S/C23H22F3N3O4/c1-32-17-7-12(8-18(33-22(25)26)20(17)21(30)28-15-10-14(15)24)16-11-27-19-9-13(3-6-29(16)19)23(31)4-2-5-23/h3,6-9,11,14-15,22,31H,2,4-5,10H2,1H3,(H,28,30)/t14-,15+/m0/s1. The van der Waals surface area contributed by atoms with Crippen LogP contribution in [0.1, 0.15) is 41.6 Å². The molecule has 2 aliphatic rings. The van der Waals surface area contributed by atoms with Crippen molar-refractivity contribution in [1.82, 2.24) is 14.7 Å². The molecule has 1 aromatic carbocycles. The fraction of sp³-hybridized carbons (Fsp3) is 0.391. The van der Waals surface area contributed by atoms with Gasteiger partial charge in [0.2, 0.25) is 0 Å². The number of hydrogen-bond acceptors (Lipinski definition) is 5. The molecule has 5 rings (SSSR count). The second kappa shape index (κ2) is 7.95. The fourth-order valence-electron chi connectivity index (χ4n) is 4.15. The number of imidazole rings is 1. The Labute approximate surface area is 187 Å². The smallest absolute Gasteiger partial charge is 0.387 e. The summed E-state index contributed by atoms with van der Waals surface area (Å²) in [5, 5.41) is 13.1. The fourth-order valence-corrected chi connectivity index (χ4v) is 4.15. The second-order valence-corrected chi connectivity index (χ2v) is 8.43. The van der Waals surface area contributed by atoms with Crippen molar-refractivity contribution in [1.29, 1.82) is 0 Å². The predicted octanol–water partition coefficient (Wildman–Crippen LogP) is 3.82. The van der Waals surface area contributed by atoms with Crippen molar-refractivity contribution in [3.8, 4) is 22.8 Å². The lowest BCUT2D eigenvalue weighted by molar-refractivity contribution is -0.0502. The molecule has 2 aromatic heterocycles. The molecular formula is C23H22F3N3O4. The number of halogens is 3. The van der Waals surface area contributed by atoms with Crippen LogP contribution in [-0.4, -0.2) is 46.3 Å². The largest absolute Gasteiger partial charge is 0.496 e. The van der Waals surface area contributed by atoms with E-state index in [1.165, 1.54) is 19.2 Å². The van der Waals surface area contributed by atoms with Crippen molar-refractivity contribution < 1.29 is 32.5 Å². The molecule has 33 heavy (non-hydrogen) atoms. The van der Waals surface area contributed by atoms with Crippen molar-refractivity contribution >= 4 is 11.6 Å². The second-order valence-electron chi connectivity index (χ2n) is 8.43. The number of benzene rings is 1. The van der Waals surface area contributed by atoms with Gasteiger partial charge in [-0.05, 0) is 49.1 Å². The molecule has 0 bridgehead atoms. The number of nitrogens with one attached hydrogen (secondary N) is 1.